The monoisotopic (exact) mass is 321 g/mol. The number of nitrogens with zero attached hydrogens (tertiary/aromatic N) is 3. The van der Waals surface area contributed by atoms with Gasteiger partial charge in [-0.1, -0.05) is 39.0 Å². The van der Waals surface area contributed by atoms with Gasteiger partial charge < -0.3 is 9.88 Å². The molecule has 2 heterocycles. The van der Waals surface area contributed by atoms with E-state index >= 15 is 0 Å². The summed E-state index contributed by atoms with van der Waals surface area (Å²) in [5.41, 5.74) is 0.0952. The molecule has 23 heavy (non-hydrogen) atoms. The lowest BCUT2D eigenvalue weighted by Crippen LogP contribution is -2.29. The number of aryl methyl sites for hydroxylation is 2. The zero-order valence-electron chi connectivity index (χ0n) is 14.3. The molecule has 0 saturated carbocycles. The maximum Gasteiger partial charge on any atom is 0.329 e. The van der Waals surface area contributed by atoms with Gasteiger partial charge in [0.05, 0.1) is 0 Å². The van der Waals surface area contributed by atoms with Gasteiger partial charge in [0.15, 0.2) is 11.2 Å². The van der Waals surface area contributed by atoms with Gasteiger partial charge in [0.1, 0.15) is 0 Å². The summed E-state index contributed by atoms with van der Waals surface area (Å²) in [6.45, 7) is 5.63. The zero-order valence-corrected chi connectivity index (χ0v) is 14.3. The van der Waals surface area contributed by atoms with Crippen molar-refractivity contribution in [1.29, 1.82) is 0 Å². The molecule has 0 radical (unpaired) electrons. The van der Waals surface area contributed by atoms with Crippen LogP contribution in [0.5, 0.6) is 0 Å². The van der Waals surface area contributed by atoms with Crippen LogP contribution in [0.25, 0.3) is 11.2 Å². The topological polar surface area (TPSA) is 84.7 Å². The molecule has 0 aromatic carbocycles. The van der Waals surface area contributed by atoms with Gasteiger partial charge in [0, 0.05) is 20.1 Å². The number of hydrogen-bond donors (Lipinski definition) is 2. The molecule has 0 unspecified atom stereocenters. The summed E-state index contributed by atoms with van der Waals surface area (Å²) in [4.78, 5) is 30.7. The molecule has 0 spiro atoms. The molecule has 2 rings (SSSR count). The highest BCUT2D eigenvalue weighted by Crippen LogP contribution is 2.17. The highest BCUT2D eigenvalue weighted by molar-refractivity contribution is 5.74. The lowest BCUT2D eigenvalue weighted by Gasteiger charge is -2.09. The molecule has 128 valence electrons. The SMILES string of the molecule is CCCCCCCCn1c(NCC)nc2c1c(=O)[nH]c(=O)n2C. The van der Waals surface area contributed by atoms with E-state index in [9.17, 15) is 9.59 Å². The van der Waals surface area contributed by atoms with Crippen LogP contribution in [0, 0.1) is 0 Å². The number of fused-ring (bicyclic) bond motifs is 1. The van der Waals surface area contributed by atoms with Crippen LogP contribution in [0.2, 0.25) is 0 Å². The van der Waals surface area contributed by atoms with Crippen molar-refractivity contribution in [2.75, 3.05) is 11.9 Å². The minimum absolute atomic E-state index is 0.370. The summed E-state index contributed by atoms with van der Waals surface area (Å²) in [6, 6.07) is 0. The van der Waals surface area contributed by atoms with Crippen LogP contribution < -0.4 is 16.6 Å². The number of hydrogen-bond acceptors (Lipinski definition) is 4. The fourth-order valence-corrected chi connectivity index (χ4v) is 2.80. The number of anilines is 1. The fraction of sp³-hybridized carbons (Fsp3) is 0.688. The van der Waals surface area contributed by atoms with Gasteiger partial charge in [-0.15, -0.1) is 0 Å². The third kappa shape index (κ3) is 3.83. The summed E-state index contributed by atoms with van der Waals surface area (Å²) in [5, 5.41) is 3.18. The smallest absolute Gasteiger partial charge is 0.329 e. The molecule has 0 aliphatic rings. The maximum absolute atomic E-state index is 12.2. The fourth-order valence-electron chi connectivity index (χ4n) is 2.80. The Kier molecular flexibility index (Phi) is 6.01. The van der Waals surface area contributed by atoms with Crippen molar-refractivity contribution < 1.29 is 0 Å². The van der Waals surface area contributed by atoms with Gasteiger partial charge in [0.2, 0.25) is 5.95 Å². The van der Waals surface area contributed by atoms with Crippen LogP contribution >= 0.6 is 0 Å². The van der Waals surface area contributed by atoms with E-state index in [1.165, 1.54) is 30.3 Å². The van der Waals surface area contributed by atoms with E-state index in [1.54, 1.807) is 7.05 Å². The Labute approximate surface area is 135 Å². The summed E-state index contributed by atoms with van der Waals surface area (Å²) in [5.74, 6) is 0.655. The van der Waals surface area contributed by atoms with Crippen molar-refractivity contribution in [3.63, 3.8) is 0 Å². The summed E-state index contributed by atoms with van der Waals surface area (Å²) < 4.78 is 3.28. The average molecular weight is 321 g/mol. The second-order valence-corrected chi connectivity index (χ2v) is 5.88. The van der Waals surface area contributed by atoms with Gasteiger partial charge >= 0.3 is 5.69 Å². The van der Waals surface area contributed by atoms with E-state index in [1.807, 2.05) is 11.5 Å². The molecule has 2 N–H and O–H groups in total. The van der Waals surface area contributed by atoms with E-state index in [2.05, 4.69) is 22.2 Å². The van der Waals surface area contributed by atoms with E-state index in [4.69, 9.17) is 0 Å². The number of nitrogens with one attached hydrogen (secondary N) is 2. The highest BCUT2D eigenvalue weighted by atomic mass is 16.2. The molecule has 0 aliphatic carbocycles. The molecule has 2 aromatic heterocycles. The summed E-state index contributed by atoms with van der Waals surface area (Å²) in [6.07, 6.45) is 7.12. The van der Waals surface area contributed by atoms with Gasteiger partial charge in [-0.2, -0.15) is 4.98 Å². The van der Waals surface area contributed by atoms with Crippen LogP contribution in [-0.4, -0.2) is 25.6 Å². The maximum atomic E-state index is 12.2. The first kappa shape index (κ1) is 17.3. The molecule has 7 nitrogen and oxygen atoms in total. The van der Waals surface area contributed by atoms with Crippen LogP contribution in [0.1, 0.15) is 52.4 Å². The largest absolute Gasteiger partial charge is 0.356 e. The minimum atomic E-state index is -0.435. The predicted molar refractivity (Wildman–Crippen MR) is 93.1 cm³/mol. The van der Waals surface area contributed by atoms with Gasteiger partial charge in [-0.05, 0) is 13.3 Å². The Morgan fingerprint density at radius 2 is 1.78 bits per heavy atom. The molecule has 0 amide bonds. The van der Waals surface area contributed by atoms with Crippen molar-refractivity contribution in [3.05, 3.63) is 20.8 Å². The number of unbranched alkanes of at least 4 members (excludes halogenated alkanes) is 5. The third-order valence-corrected chi connectivity index (χ3v) is 4.08. The molecular weight excluding hydrogens is 294 g/mol. The van der Waals surface area contributed by atoms with Crippen LogP contribution in [0.4, 0.5) is 5.95 Å². The van der Waals surface area contributed by atoms with Crippen molar-refractivity contribution >= 4 is 17.1 Å². The Bertz CT molecular complexity index is 756. The molecule has 0 aliphatic heterocycles. The van der Waals surface area contributed by atoms with Gasteiger partial charge in [-0.25, -0.2) is 4.79 Å². The Hall–Kier alpha value is -2.05. The standard InChI is InChI=1S/C16H27N5O2/c1-4-6-7-8-9-10-11-21-12-13(18-15(21)17-5-2)20(3)16(23)19-14(12)22/h4-11H2,1-3H3,(H,17,18)(H,19,22,23). The van der Waals surface area contributed by atoms with Crippen molar-refractivity contribution in [2.45, 2.75) is 58.9 Å². The second-order valence-electron chi connectivity index (χ2n) is 5.88. The number of rotatable bonds is 9. The van der Waals surface area contributed by atoms with E-state index < -0.39 is 5.69 Å². The van der Waals surface area contributed by atoms with E-state index in [0.29, 0.717) is 23.7 Å². The van der Waals surface area contributed by atoms with Gasteiger partial charge in [-0.3, -0.25) is 14.3 Å². The average Bonchev–Trinajstić information content (AvgIpc) is 2.88. The lowest BCUT2D eigenvalue weighted by molar-refractivity contribution is 0.565. The number of aromatic nitrogens is 4. The molecule has 7 heteroatoms. The van der Waals surface area contributed by atoms with E-state index in [-0.39, 0.29) is 5.56 Å². The minimum Gasteiger partial charge on any atom is -0.356 e. The third-order valence-electron chi connectivity index (χ3n) is 4.08. The van der Waals surface area contributed by atoms with Crippen molar-refractivity contribution in [2.24, 2.45) is 7.05 Å². The number of imidazole rings is 1. The first-order valence-electron chi connectivity index (χ1n) is 8.53. The number of aromatic amines is 1. The van der Waals surface area contributed by atoms with Gasteiger partial charge in [0.25, 0.3) is 5.56 Å². The molecule has 0 fully saturated rings. The van der Waals surface area contributed by atoms with E-state index in [0.717, 1.165) is 19.4 Å². The highest BCUT2D eigenvalue weighted by Gasteiger charge is 2.16. The lowest BCUT2D eigenvalue weighted by atomic mass is 10.1. The van der Waals surface area contributed by atoms with Crippen molar-refractivity contribution in [1.82, 2.24) is 19.1 Å². The molecule has 2 aromatic rings. The first-order chi connectivity index (χ1) is 11.1. The molecular formula is C16H27N5O2. The predicted octanol–water partition coefficient (Wildman–Crippen LogP) is 2.22. The van der Waals surface area contributed by atoms with Crippen LogP contribution in [0.3, 0.4) is 0 Å². The summed E-state index contributed by atoms with van der Waals surface area (Å²) >= 11 is 0. The van der Waals surface area contributed by atoms with Crippen LogP contribution in [-0.2, 0) is 13.6 Å². The first-order valence-corrected chi connectivity index (χ1v) is 8.53. The Morgan fingerprint density at radius 1 is 1.09 bits per heavy atom. The quantitative estimate of drug-likeness (QED) is 0.694. The molecule has 0 saturated heterocycles. The van der Waals surface area contributed by atoms with Crippen LogP contribution in [0.15, 0.2) is 9.59 Å². The molecule has 0 atom stereocenters. The van der Waals surface area contributed by atoms with Crippen molar-refractivity contribution in [3.8, 4) is 0 Å². The summed E-state index contributed by atoms with van der Waals surface area (Å²) in [7, 11) is 1.62. The normalized spacial score (nSPS) is 11.3. The second kappa shape index (κ2) is 7.99. The Morgan fingerprint density at radius 3 is 2.48 bits per heavy atom. The number of H-pyrrole nitrogens is 1. The Balaban J connectivity index is 2.26. The zero-order chi connectivity index (χ0) is 16.8. The molecule has 0 bridgehead atoms.